The first-order valence-corrected chi connectivity index (χ1v) is 8.07. The van der Waals surface area contributed by atoms with Gasteiger partial charge in [0.15, 0.2) is 6.61 Å². The number of hydrogen-bond acceptors (Lipinski definition) is 4. The Kier molecular flexibility index (Phi) is 4.38. The molecule has 134 valence electrons. The summed E-state index contributed by atoms with van der Waals surface area (Å²) in [6.07, 6.45) is 0. The molecule has 3 N–H and O–H groups in total. The lowest BCUT2D eigenvalue weighted by atomic mass is 9.96. The third-order valence-electron chi connectivity index (χ3n) is 4.26. The van der Waals surface area contributed by atoms with Crippen molar-refractivity contribution < 1.29 is 19.1 Å². The predicted molar refractivity (Wildman–Crippen MR) is 97.1 cm³/mol. The van der Waals surface area contributed by atoms with E-state index in [0.717, 1.165) is 0 Å². The highest BCUT2D eigenvalue weighted by Crippen LogP contribution is 2.36. The molecule has 0 saturated heterocycles. The van der Waals surface area contributed by atoms with Crippen molar-refractivity contribution >= 4 is 29.1 Å². The molecule has 7 heteroatoms. The van der Waals surface area contributed by atoms with E-state index in [2.05, 4.69) is 5.32 Å². The summed E-state index contributed by atoms with van der Waals surface area (Å²) in [7, 11) is 0. The minimum Gasteiger partial charge on any atom is -0.484 e. The summed E-state index contributed by atoms with van der Waals surface area (Å²) in [6.45, 7) is 3.11. The summed E-state index contributed by atoms with van der Waals surface area (Å²) >= 11 is 0. The number of rotatable bonds is 4. The van der Waals surface area contributed by atoms with E-state index in [-0.39, 0.29) is 18.4 Å². The smallest absolute Gasteiger partial charge is 0.265 e. The van der Waals surface area contributed by atoms with E-state index in [9.17, 15) is 14.4 Å². The fourth-order valence-corrected chi connectivity index (χ4v) is 2.82. The highest BCUT2D eigenvalue weighted by molar-refractivity contribution is 6.14. The third-order valence-corrected chi connectivity index (χ3v) is 4.26. The molecule has 0 atom stereocenters. The molecule has 0 unspecified atom stereocenters. The van der Waals surface area contributed by atoms with Gasteiger partial charge >= 0.3 is 0 Å². The molecule has 3 rings (SSSR count). The number of carbonyl (C=O) groups excluding carboxylic acids is 3. The second-order valence-electron chi connectivity index (χ2n) is 6.44. The van der Waals surface area contributed by atoms with Gasteiger partial charge in [-0.05, 0) is 50.2 Å². The number of amides is 3. The lowest BCUT2D eigenvalue weighted by Gasteiger charge is -2.41. The standard InChI is InChI=1S/C19H19N3O4/c1-19(2)18(25)21-14-5-3-4-6-15(14)22(19)16(23)11-26-13-9-7-12(8-10-13)17(20)24/h3-10H,11H2,1-2H3,(H2,20,24)(H,21,25). The largest absolute Gasteiger partial charge is 0.484 e. The molecule has 0 aromatic heterocycles. The molecule has 0 bridgehead atoms. The number of nitrogens with zero attached hydrogens (tertiary/aromatic N) is 1. The number of ether oxygens (including phenoxy) is 1. The average Bonchev–Trinajstić information content (AvgIpc) is 2.61. The van der Waals surface area contributed by atoms with E-state index in [1.165, 1.54) is 17.0 Å². The maximum absolute atomic E-state index is 12.8. The summed E-state index contributed by atoms with van der Waals surface area (Å²) in [4.78, 5) is 37.7. The number of nitrogens with two attached hydrogens (primary N) is 1. The molecule has 26 heavy (non-hydrogen) atoms. The Labute approximate surface area is 150 Å². The third kappa shape index (κ3) is 3.11. The number of nitrogens with one attached hydrogen (secondary N) is 1. The first kappa shape index (κ1) is 17.5. The number of anilines is 2. The lowest BCUT2D eigenvalue weighted by molar-refractivity contribution is -0.127. The summed E-state index contributed by atoms with van der Waals surface area (Å²) in [5, 5.41) is 2.81. The van der Waals surface area contributed by atoms with E-state index in [1.807, 2.05) is 0 Å². The zero-order valence-electron chi connectivity index (χ0n) is 14.5. The van der Waals surface area contributed by atoms with Gasteiger partial charge in [0, 0.05) is 5.56 Å². The molecule has 0 fully saturated rings. The molecular weight excluding hydrogens is 334 g/mol. The number of benzene rings is 2. The van der Waals surface area contributed by atoms with Crippen LogP contribution in [0.3, 0.4) is 0 Å². The zero-order valence-corrected chi connectivity index (χ0v) is 14.5. The normalized spacial score (nSPS) is 15.0. The molecule has 0 spiro atoms. The van der Waals surface area contributed by atoms with Gasteiger partial charge in [0.05, 0.1) is 11.4 Å². The van der Waals surface area contributed by atoms with E-state index in [0.29, 0.717) is 22.7 Å². The maximum Gasteiger partial charge on any atom is 0.265 e. The van der Waals surface area contributed by atoms with Crippen molar-refractivity contribution in [3.8, 4) is 5.75 Å². The molecule has 1 aliphatic rings. The average molecular weight is 353 g/mol. The first-order valence-electron chi connectivity index (χ1n) is 8.07. The van der Waals surface area contributed by atoms with Crippen LogP contribution < -0.4 is 20.7 Å². The molecule has 0 saturated carbocycles. The molecule has 0 radical (unpaired) electrons. The van der Waals surface area contributed by atoms with Gasteiger partial charge in [0.1, 0.15) is 11.3 Å². The number of primary amides is 1. The van der Waals surface area contributed by atoms with Crippen molar-refractivity contribution in [2.75, 3.05) is 16.8 Å². The molecule has 2 aromatic carbocycles. The Hall–Kier alpha value is -3.35. The molecule has 1 aliphatic heterocycles. The van der Waals surface area contributed by atoms with Crippen molar-refractivity contribution in [3.05, 3.63) is 54.1 Å². The lowest BCUT2D eigenvalue weighted by Crippen LogP contribution is -2.59. The maximum atomic E-state index is 12.8. The number of carbonyl (C=O) groups is 3. The van der Waals surface area contributed by atoms with Gasteiger partial charge in [-0.15, -0.1) is 0 Å². The second kappa shape index (κ2) is 6.51. The van der Waals surface area contributed by atoms with Gasteiger partial charge < -0.3 is 15.8 Å². The van der Waals surface area contributed by atoms with Crippen LogP contribution >= 0.6 is 0 Å². The van der Waals surface area contributed by atoms with E-state index in [1.54, 1.807) is 50.2 Å². The molecule has 0 aliphatic carbocycles. The number of hydrogen-bond donors (Lipinski definition) is 2. The van der Waals surface area contributed by atoms with Crippen molar-refractivity contribution in [2.45, 2.75) is 19.4 Å². The van der Waals surface area contributed by atoms with E-state index in [4.69, 9.17) is 10.5 Å². The molecule has 1 heterocycles. The van der Waals surface area contributed by atoms with Crippen LogP contribution in [0.15, 0.2) is 48.5 Å². The van der Waals surface area contributed by atoms with Crippen molar-refractivity contribution in [2.24, 2.45) is 5.73 Å². The highest BCUT2D eigenvalue weighted by atomic mass is 16.5. The summed E-state index contributed by atoms with van der Waals surface area (Å²) in [5.41, 5.74) is 5.70. The fourth-order valence-electron chi connectivity index (χ4n) is 2.82. The number of para-hydroxylation sites is 2. The quantitative estimate of drug-likeness (QED) is 0.877. The number of fused-ring (bicyclic) bond motifs is 1. The van der Waals surface area contributed by atoms with Crippen molar-refractivity contribution in [1.82, 2.24) is 0 Å². The van der Waals surface area contributed by atoms with Gasteiger partial charge in [-0.3, -0.25) is 19.3 Å². The minimum atomic E-state index is -1.05. The predicted octanol–water partition coefficient (Wildman–Crippen LogP) is 1.93. The van der Waals surface area contributed by atoms with Gasteiger partial charge in [-0.2, -0.15) is 0 Å². The van der Waals surface area contributed by atoms with Crippen LogP contribution in [0.5, 0.6) is 5.75 Å². The topological polar surface area (TPSA) is 102 Å². The van der Waals surface area contributed by atoms with Gasteiger partial charge in [0.2, 0.25) is 11.8 Å². The van der Waals surface area contributed by atoms with Crippen LogP contribution in [0.25, 0.3) is 0 Å². The van der Waals surface area contributed by atoms with E-state index >= 15 is 0 Å². The fraction of sp³-hybridized carbons (Fsp3) is 0.211. The van der Waals surface area contributed by atoms with Gasteiger partial charge in [0.25, 0.3) is 5.91 Å². The Morgan fingerprint density at radius 3 is 2.42 bits per heavy atom. The van der Waals surface area contributed by atoms with Crippen molar-refractivity contribution in [1.29, 1.82) is 0 Å². The Morgan fingerprint density at radius 1 is 1.12 bits per heavy atom. The van der Waals surface area contributed by atoms with Crippen LogP contribution in [0, 0.1) is 0 Å². The Balaban J connectivity index is 1.80. The van der Waals surface area contributed by atoms with Gasteiger partial charge in [-0.25, -0.2) is 0 Å². The highest BCUT2D eigenvalue weighted by Gasteiger charge is 2.43. The molecule has 3 amide bonds. The van der Waals surface area contributed by atoms with Crippen LogP contribution in [-0.4, -0.2) is 29.9 Å². The SMILES string of the molecule is CC1(C)C(=O)Nc2ccccc2N1C(=O)COc1ccc(C(N)=O)cc1. The van der Waals surface area contributed by atoms with Crippen LogP contribution in [0.1, 0.15) is 24.2 Å². The summed E-state index contributed by atoms with van der Waals surface area (Å²) < 4.78 is 5.52. The molecule has 7 nitrogen and oxygen atoms in total. The monoisotopic (exact) mass is 353 g/mol. The first-order chi connectivity index (χ1) is 12.3. The molecule has 2 aromatic rings. The Bertz CT molecular complexity index is 875. The second-order valence-corrected chi connectivity index (χ2v) is 6.44. The van der Waals surface area contributed by atoms with Crippen LogP contribution in [0.4, 0.5) is 11.4 Å². The summed E-state index contributed by atoms with van der Waals surface area (Å²) in [5.74, 6) is -0.729. The minimum absolute atomic E-state index is 0.249. The van der Waals surface area contributed by atoms with E-state index < -0.39 is 11.4 Å². The Morgan fingerprint density at radius 2 is 1.77 bits per heavy atom. The summed E-state index contributed by atoms with van der Waals surface area (Å²) in [6, 6.07) is 13.3. The van der Waals surface area contributed by atoms with Crippen molar-refractivity contribution in [3.63, 3.8) is 0 Å². The zero-order chi connectivity index (χ0) is 18.9. The molecular formula is C19H19N3O4. The van der Waals surface area contributed by atoms with Gasteiger partial charge in [-0.1, -0.05) is 12.1 Å². The van der Waals surface area contributed by atoms with Crippen LogP contribution in [-0.2, 0) is 9.59 Å². The van der Waals surface area contributed by atoms with Crippen LogP contribution in [0.2, 0.25) is 0 Å².